The quantitative estimate of drug-likeness (QED) is 0.0469. The first-order valence-electron chi connectivity index (χ1n) is 24.5. The Balaban J connectivity index is 0.944. The lowest BCUT2D eigenvalue weighted by Gasteiger charge is -2.16. The van der Waals surface area contributed by atoms with Crippen LogP contribution in [0.25, 0.3) is 17.3 Å². The first kappa shape index (κ1) is 50.5. The number of nitrogens with zero attached hydrogens (tertiary/aromatic N) is 10. The van der Waals surface area contributed by atoms with E-state index in [1.54, 1.807) is 89.4 Å². The number of hydrogen-bond acceptors (Lipinski definition) is 13. The minimum Gasteiger partial charge on any atom is -0.367 e. The maximum atomic E-state index is 14.3. The fourth-order valence-electron chi connectivity index (χ4n) is 8.41. The Kier molecular flexibility index (Phi) is 13.3. The molecule has 5 heterocycles. The van der Waals surface area contributed by atoms with Gasteiger partial charge in [-0.1, -0.05) is 18.2 Å². The molecule has 2 saturated carbocycles. The van der Waals surface area contributed by atoms with Crippen LogP contribution in [0.3, 0.4) is 0 Å². The van der Waals surface area contributed by atoms with Gasteiger partial charge < -0.3 is 36.5 Å². The van der Waals surface area contributed by atoms with Gasteiger partial charge in [0.25, 0.3) is 11.8 Å². The Labute approximate surface area is 440 Å². The van der Waals surface area contributed by atoms with E-state index < -0.39 is 35.3 Å². The minimum absolute atomic E-state index is 0.0359. The Hall–Kier alpha value is -9.61. The largest absolute Gasteiger partial charge is 0.416 e. The Morgan fingerprint density at radius 2 is 1.24 bits per heavy atom. The van der Waals surface area contributed by atoms with Gasteiger partial charge in [0, 0.05) is 95.0 Å². The Morgan fingerprint density at radius 3 is 1.90 bits per heavy atom. The van der Waals surface area contributed by atoms with E-state index in [9.17, 15) is 35.9 Å². The van der Waals surface area contributed by atoms with Crippen LogP contribution in [-0.2, 0) is 18.8 Å². The van der Waals surface area contributed by atoms with Crippen molar-refractivity contribution in [3.8, 4) is 17.3 Å². The number of anilines is 8. The molecular formula is C54H46F6N16O2. The lowest BCUT2D eigenvalue weighted by atomic mass is 10.0. The highest BCUT2D eigenvalue weighted by Gasteiger charge is 2.33. The van der Waals surface area contributed by atoms with Gasteiger partial charge in [-0.2, -0.15) is 26.3 Å². The minimum atomic E-state index is -4.73. The molecule has 6 N–H and O–H groups in total. The zero-order valence-electron chi connectivity index (χ0n) is 41.4. The van der Waals surface area contributed by atoms with Gasteiger partial charge in [-0.25, -0.2) is 34.9 Å². The molecular weight excluding hydrogens is 1020 g/mol. The molecule has 5 aromatic heterocycles. The maximum absolute atomic E-state index is 14.3. The van der Waals surface area contributed by atoms with Crippen LogP contribution in [0.4, 0.5) is 72.6 Å². The number of alkyl halides is 6. The molecule has 0 spiro atoms. The van der Waals surface area contributed by atoms with Crippen molar-refractivity contribution in [2.75, 3.05) is 31.9 Å². The number of benzene rings is 4. The fraction of sp³-hybridized carbons (Fsp3) is 0.204. The Morgan fingerprint density at radius 1 is 0.615 bits per heavy atom. The van der Waals surface area contributed by atoms with Gasteiger partial charge >= 0.3 is 12.4 Å². The first-order valence-corrected chi connectivity index (χ1v) is 24.5. The molecule has 2 fully saturated rings. The lowest BCUT2D eigenvalue weighted by molar-refractivity contribution is -0.138. The molecule has 0 saturated heterocycles. The van der Waals surface area contributed by atoms with Crippen molar-refractivity contribution < 1.29 is 35.9 Å². The summed E-state index contributed by atoms with van der Waals surface area (Å²) in [6, 6.07) is 21.4. The molecule has 78 heavy (non-hydrogen) atoms. The van der Waals surface area contributed by atoms with Crippen molar-refractivity contribution in [1.82, 2.24) is 48.6 Å². The van der Waals surface area contributed by atoms with Crippen LogP contribution in [-0.4, -0.2) is 72.5 Å². The van der Waals surface area contributed by atoms with E-state index in [0.29, 0.717) is 69.2 Å². The van der Waals surface area contributed by atoms with E-state index in [4.69, 9.17) is 4.98 Å². The van der Waals surface area contributed by atoms with E-state index in [1.165, 1.54) is 41.7 Å². The van der Waals surface area contributed by atoms with Crippen LogP contribution < -0.4 is 31.9 Å². The third-order valence-electron chi connectivity index (χ3n) is 12.8. The molecule has 24 heteroatoms. The topological polar surface area (TPSA) is 211 Å². The number of rotatable bonds is 17. The van der Waals surface area contributed by atoms with E-state index in [-0.39, 0.29) is 46.6 Å². The maximum Gasteiger partial charge on any atom is 0.416 e. The van der Waals surface area contributed by atoms with Crippen molar-refractivity contribution in [2.24, 2.45) is 0 Å². The average molecular weight is 1070 g/mol. The second-order valence-corrected chi connectivity index (χ2v) is 18.9. The summed E-state index contributed by atoms with van der Waals surface area (Å²) in [6.07, 6.45) is 5.66. The van der Waals surface area contributed by atoms with Gasteiger partial charge in [-0.05, 0) is 111 Å². The van der Waals surface area contributed by atoms with Gasteiger partial charge in [0.1, 0.15) is 35.9 Å². The van der Waals surface area contributed by atoms with Crippen LogP contribution in [0.5, 0.6) is 0 Å². The summed E-state index contributed by atoms with van der Waals surface area (Å²) in [5.41, 5.74) is 1.58. The van der Waals surface area contributed by atoms with E-state index in [1.807, 2.05) is 6.92 Å². The summed E-state index contributed by atoms with van der Waals surface area (Å²) in [7, 11) is 0. The molecule has 4 aromatic carbocycles. The predicted octanol–water partition coefficient (Wildman–Crippen LogP) is 11.2. The van der Waals surface area contributed by atoms with Gasteiger partial charge in [0.2, 0.25) is 11.9 Å². The first-order chi connectivity index (χ1) is 37.4. The van der Waals surface area contributed by atoms with Crippen LogP contribution in [0.2, 0.25) is 0 Å². The molecule has 11 rings (SSSR count). The molecule has 0 aliphatic heterocycles. The van der Waals surface area contributed by atoms with E-state index in [2.05, 4.69) is 61.8 Å². The summed E-state index contributed by atoms with van der Waals surface area (Å²) < 4.78 is 88.2. The third-order valence-corrected chi connectivity index (χ3v) is 12.8. The second-order valence-electron chi connectivity index (χ2n) is 18.9. The predicted molar refractivity (Wildman–Crippen MR) is 279 cm³/mol. The number of hydrogen-bond donors (Lipinski definition) is 6. The number of imidazole rings is 3. The highest BCUT2D eigenvalue weighted by Crippen LogP contribution is 2.36. The van der Waals surface area contributed by atoms with Crippen molar-refractivity contribution in [3.63, 3.8) is 0 Å². The summed E-state index contributed by atoms with van der Waals surface area (Å²) in [5, 5.41) is 18.7. The molecule has 2 aliphatic carbocycles. The van der Waals surface area contributed by atoms with Crippen molar-refractivity contribution in [1.29, 1.82) is 0 Å². The van der Waals surface area contributed by atoms with Crippen LogP contribution >= 0.6 is 0 Å². The fourth-order valence-corrected chi connectivity index (χ4v) is 8.41. The number of aryl methyl sites for hydroxylation is 2. The summed E-state index contributed by atoms with van der Waals surface area (Å²) in [5.74, 6) is 1.35. The van der Waals surface area contributed by atoms with Gasteiger partial charge in [0.05, 0.1) is 28.8 Å². The van der Waals surface area contributed by atoms with E-state index in [0.717, 1.165) is 49.9 Å². The number of carbonyl (C=O) groups excluding carboxylic acids is 2. The van der Waals surface area contributed by atoms with Crippen LogP contribution in [0.15, 0.2) is 135 Å². The summed E-state index contributed by atoms with van der Waals surface area (Å²) >= 11 is 0. The normalized spacial score (nSPS) is 13.5. The monoisotopic (exact) mass is 1060 g/mol. The number of carbonyl (C=O) groups is 2. The number of aromatic nitrogens is 10. The molecule has 0 radical (unpaired) electrons. The Bertz CT molecular complexity index is 3730. The zero-order valence-corrected chi connectivity index (χ0v) is 41.4. The SMILES string of the molecule is Cc1cn(-c2cc(NC(=O)c3ccc(Cc4cn(-c5cc(NC6CC6)ncn5)c(Nc5cc(C(=O)Nc6cccc(C(F)(F)F)c6)ccc5C)n4)c(Nc4nccn4-c4cc(NC5CC5)ncn4)c3)cc(C(F)(F)F)c2)cn1. The molecule has 2 amide bonds. The van der Waals surface area contributed by atoms with Gasteiger partial charge in [-0.15, -0.1) is 0 Å². The standard InChI is InChI=1S/C54H46F6N16O2/c1-30-6-7-33(49(77)69-39-5-3-4-35(19-39)53(55,56)57)17-43(30)72-52-71-41(26-76(52)48-24-46(63-28-65-48)68-38-12-13-38)16-32-8-9-34(50(78)70-40-20-36(54(58,59)60)21-42(22-40)74-25-31(2)66-29-74)18-44(32)73-51-61-14-15-75(51)47-23-45(62-27-64-47)67-37-10-11-37/h3-9,14-15,17-29,37-38H,10-13,16H2,1-2H3,(H,61,73)(H,69,77)(H,70,78)(H,71,72)(H,62,64,67)(H,63,65,68). The highest BCUT2D eigenvalue weighted by molar-refractivity contribution is 6.06. The van der Waals surface area contributed by atoms with Crippen LogP contribution in [0.1, 0.15) is 80.0 Å². The zero-order chi connectivity index (χ0) is 54.3. The summed E-state index contributed by atoms with van der Waals surface area (Å²) in [4.78, 5) is 59.3. The second kappa shape index (κ2) is 20.5. The number of halogens is 6. The number of amides is 2. The van der Waals surface area contributed by atoms with Crippen molar-refractivity contribution >= 4 is 58.1 Å². The molecule has 18 nitrogen and oxygen atoms in total. The molecule has 0 atom stereocenters. The molecule has 9 aromatic rings. The molecule has 2 aliphatic rings. The molecule has 396 valence electrons. The van der Waals surface area contributed by atoms with Crippen LogP contribution in [0, 0.1) is 13.8 Å². The molecule has 0 unspecified atom stereocenters. The molecule has 0 bridgehead atoms. The summed E-state index contributed by atoms with van der Waals surface area (Å²) in [6.45, 7) is 3.52. The smallest absolute Gasteiger partial charge is 0.367 e. The number of nitrogens with one attached hydrogen (secondary N) is 6. The van der Waals surface area contributed by atoms with Gasteiger partial charge in [0.15, 0.2) is 0 Å². The third kappa shape index (κ3) is 11.8. The lowest BCUT2D eigenvalue weighted by Crippen LogP contribution is -2.15. The van der Waals surface area contributed by atoms with Crippen molar-refractivity contribution in [3.05, 3.63) is 180 Å². The average Bonchev–Trinajstić information content (AvgIpc) is 4.27. The van der Waals surface area contributed by atoms with Crippen molar-refractivity contribution in [2.45, 2.75) is 70.4 Å². The highest BCUT2D eigenvalue weighted by atomic mass is 19.4. The van der Waals surface area contributed by atoms with Gasteiger partial charge in [-0.3, -0.25) is 18.7 Å². The van der Waals surface area contributed by atoms with E-state index >= 15 is 0 Å².